The summed E-state index contributed by atoms with van der Waals surface area (Å²) in [5.74, 6) is 0.691. The molecule has 1 aliphatic rings. The number of fused-ring (bicyclic) bond motifs is 3. The van der Waals surface area contributed by atoms with Crippen LogP contribution in [0.15, 0.2) is 35.1 Å². The summed E-state index contributed by atoms with van der Waals surface area (Å²) in [7, 11) is 0. The van der Waals surface area contributed by atoms with Crippen molar-refractivity contribution < 1.29 is 0 Å². The van der Waals surface area contributed by atoms with Gasteiger partial charge in [0.25, 0.3) is 5.56 Å². The van der Waals surface area contributed by atoms with E-state index in [0.717, 1.165) is 35.2 Å². The Morgan fingerprint density at radius 3 is 2.95 bits per heavy atom. The second kappa shape index (κ2) is 5.00. The van der Waals surface area contributed by atoms with Gasteiger partial charge < -0.3 is 10.3 Å². The molecular weight excluding hydrogens is 282 g/mol. The van der Waals surface area contributed by atoms with E-state index < -0.39 is 0 Å². The summed E-state index contributed by atoms with van der Waals surface area (Å²) in [5, 5.41) is 4.09. The van der Waals surface area contributed by atoms with Gasteiger partial charge in [-0.3, -0.25) is 4.79 Å². The molecule has 0 saturated heterocycles. The molecule has 0 atom stereocenters. The predicted octanol–water partition coefficient (Wildman–Crippen LogP) is 3.09. The van der Waals surface area contributed by atoms with Gasteiger partial charge in [0.15, 0.2) is 0 Å². The van der Waals surface area contributed by atoms with Crippen molar-refractivity contribution in [3.8, 4) is 0 Å². The zero-order valence-corrected chi connectivity index (χ0v) is 12.3. The Morgan fingerprint density at radius 1 is 1.24 bits per heavy atom. The molecule has 21 heavy (non-hydrogen) atoms. The highest BCUT2D eigenvalue weighted by atomic mass is 32.1. The van der Waals surface area contributed by atoms with Gasteiger partial charge in [-0.05, 0) is 37.0 Å². The van der Waals surface area contributed by atoms with Gasteiger partial charge in [0.2, 0.25) is 0 Å². The van der Waals surface area contributed by atoms with Crippen molar-refractivity contribution in [2.45, 2.75) is 25.8 Å². The van der Waals surface area contributed by atoms with E-state index in [1.54, 1.807) is 11.3 Å². The topological polar surface area (TPSA) is 57.8 Å². The average Bonchev–Trinajstić information content (AvgIpc) is 3.06. The van der Waals surface area contributed by atoms with Crippen molar-refractivity contribution in [1.29, 1.82) is 0 Å². The molecule has 4 rings (SSSR count). The van der Waals surface area contributed by atoms with E-state index in [1.807, 2.05) is 30.3 Å². The largest absolute Gasteiger partial charge is 0.378 e. The zero-order chi connectivity index (χ0) is 14.2. The fraction of sp³-hybridized carbons (Fsp3) is 0.250. The second-order valence-corrected chi connectivity index (χ2v) is 6.35. The smallest absolute Gasteiger partial charge is 0.259 e. The number of para-hydroxylation sites is 1. The van der Waals surface area contributed by atoms with E-state index in [-0.39, 0.29) is 5.56 Å². The Hall–Kier alpha value is -2.14. The summed E-state index contributed by atoms with van der Waals surface area (Å²) in [4.78, 5) is 22.1. The van der Waals surface area contributed by atoms with Crippen LogP contribution in [0, 0.1) is 0 Å². The summed E-state index contributed by atoms with van der Waals surface area (Å²) >= 11 is 1.68. The van der Waals surface area contributed by atoms with Crippen LogP contribution in [-0.2, 0) is 19.4 Å². The number of hydrogen-bond acceptors (Lipinski definition) is 4. The lowest BCUT2D eigenvalue weighted by Gasteiger charge is -2.05. The maximum atomic E-state index is 12.3. The molecule has 2 heterocycles. The van der Waals surface area contributed by atoms with Crippen LogP contribution in [0.5, 0.6) is 0 Å². The van der Waals surface area contributed by atoms with Crippen LogP contribution >= 0.6 is 11.3 Å². The van der Waals surface area contributed by atoms with Gasteiger partial charge in [-0.15, -0.1) is 11.3 Å². The van der Waals surface area contributed by atoms with E-state index in [2.05, 4.69) is 15.3 Å². The van der Waals surface area contributed by atoms with Crippen LogP contribution in [0.2, 0.25) is 0 Å². The second-order valence-electron chi connectivity index (χ2n) is 5.27. The molecule has 1 aromatic carbocycles. The number of aromatic nitrogens is 2. The lowest BCUT2D eigenvalue weighted by Crippen LogP contribution is -2.14. The number of aromatic amines is 1. The SMILES string of the molecule is O=c1[nH]c(CNc2ccccc2)nc2sc3c(c12)CCC3. The van der Waals surface area contributed by atoms with Crippen LogP contribution in [0.1, 0.15) is 22.7 Å². The number of anilines is 1. The molecular formula is C16H15N3OS. The van der Waals surface area contributed by atoms with E-state index >= 15 is 0 Å². The van der Waals surface area contributed by atoms with E-state index in [1.165, 1.54) is 10.4 Å². The zero-order valence-electron chi connectivity index (χ0n) is 11.5. The number of H-pyrrole nitrogens is 1. The predicted molar refractivity (Wildman–Crippen MR) is 86.0 cm³/mol. The number of thiophene rings is 1. The highest BCUT2D eigenvalue weighted by Crippen LogP contribution is 2.34. The van der Waals surface area contributed by atoms with Crippen molar-refractivity contribution in [2.75, 3.05) is 5.32 Å². The minimum Gasteiger partial charge on any atom is -0.378 e. The van der Waals surface area contributed by atoms with Gasteiger partial charge in [-0.2, -0.15) is 0 Å². The van der Waals surface area contributed by atoms with Crippen molar-refractivity contribution in [2.24, 2.45) is 0 Å². The van der Waals surface area contributed by atoms with Gasteiger partial charge >= 0.3 is 0 Å². The standard InChI is InChI=1S/C16H15N3OS/c20-15-14-11-7-4-8-12(11)21-16(14)19-13(18-15)9-17-10-5-2-1-3-6-10/h1-3,5-6,17H,4,7-9H2,(H,18,19,20). The number of nitrogens with one attached hydrogen (secondary N) is 2. The monoisotopic (exact) mass is 297 g/mol. The number of benzene rings is 1. The van der Waals surface area contributed by atoms with Gasteiger partial charge in [0.1, 0.15) is 10.7 Å². The fourth-order valence-electron chi connectivity index (χ4n) is 2.87. The first-order valence-electron chi connectivity index (χ1n) is 7.13. The van der Waals surface area contributed by atoms with Crippen molar-refractivity contribution in [3.63, 3.8) is 0 Å². The maximum Gasteiger partial charge on any atom is 0.259 e. The van der Waals surface area contributed by atoms with Crippen LogP contribution in [0.25, 0.3) is 10.2 Å². The molecule has 2 N–H and O–H groups in total. The van der Waals surface area contributed by atoms with Crippen LogP contribution < -0.4 is 10.9 Å². The highest BCUT2D eigenvalue weighted by Gasteiger charge is 2.20. The Bertz CT molecular complexity index is 851. The molecule has 0 amide bonds. The van der Waals surface area contributed by atoms with E-state index in [9.17, 15) is 4.79 Å². The molecule has 0 spiro atoms. The molecule has 0 unspecified atom stereocenters. The lowest BCUT2D eigenvalue weighted by molar-refractivity contribution is 0.914. The normalized spacial score (nSPS) is 13.5. The van der Waals surface area contributed by atoms with Crippen LogP contribution in [0.4, 0.5) is 5.69 Å². The third-order valence-electron chi connectivity index (χ3n) is 3.86. The third-order valence-corrected chi connectivity index (χ3v) is 5.04. The fourth-order valence-corrected chi connectivity index (χ4v) is 4.15. The molecule has 5 heteroatoms. The molecule has 0 bridgehead atoms. The number of hydrogen-bond donors (Lipinski definition) is 2. The minimum atomic E-state index is 0.00395. The summed E-state index contributed by atoms with van der Waals surface area (Å²) in [6.07, 6.45) is 3.27. The Morgan fingerprint density at radius 2 is 2.10 bits per heavy atom. The summed E-state index contributed by atoms with van der Waals surface area (Å²) in [6.45, 7) is 0.526. The summed E-state index contributed by atoms with van der Waals surface area (Å²) in [6, 6.07) is 9.92. The maximum absolute atomic E-state index is 12.3. The molecule has 0 fully saturated rings. The van der Waals surface area contributed by atoms with Crippen molar-refractivity contribution in [1.82, 2.24) is 9.97 Å². The molecule has 0 saturated carbocycles. The summed E-state index contributed by atoms with van der Waals surface area (Å²) in [5.41, 5.74) is 2.25. The van der Waals surface area contributed by atoms with Gasteiger partial charge in [-0.25, -0.2) is 4.98 Å². The van der Waals surface area contributed by atoms with Crippen LogP contribution in [0.3, 0.4) is 0 Å². The molecule has 106 valence electrons. The Labute approximate surface area is 125 Å². The number of nitrogens with zero attached hydrogens (tertiary/aromatic N) is 1. The van der Waals surface area contributed by atoms with Crippen LogP contribution in [-0.4, -0.2) is 9.97 Å². The molecule has 4 nitrogen and oxygen atoms in total. The Balaban J connectivity index is 1.66. The van der Waals surface area contributed by atoms with Crippen molar-refractivity contribution >= 4 is 27.2 Å². The van der Waals surface area contributed by atoms with Gasteiger partial charge in [0, 0.05) is 10.6 Å². The van der Waals surface area contributed by atoms with Crippen molar-refractivity contribution in [3.05, 3.63) is 57.0 Å². The van der Waals surface area contributed by atoms with E-state index in [4.69, 9.17) is 0 Å². The first kappa shape index (κ1) is 12.6. The minimum absolute atomic E-state index is 0.00395. The molecule has 0 radical (unpaired) electrons. The quantitative estimate of drug-likeness (QED) is 0.781. The van der Waals surface area contributed by atoms with E-state index in [0.29, 0.717) is 12.4 Å². The molecule has 1 aliphatic carbocycles. The number of rotatable bonds is 3. The Kier molecular flexibility index (Phi) is 3.00. The van der Waals surface area contributed by atoms with Gasteiger partial charge in [-0.1, -0.05) is 18.2 Å². The highest BCUT2D eigenvalue weighted by molar-refractivity contribution is 7.18. The average molecular weight is 297 g/mol. The summed E-state index contributed by atoms with van der Waals surface area (Å²) < 4.78 is 0. The molecule has 2 aromatic heterocycles. The first-order valence-corrected chi connectivity index (χ1v) is 7.95. The van der Waals surface area contributed by atoms with Gasteiger partial charge in [0.05, 0.1) is 11.9 Å². The number of aryl methyl sites for hydroxylation is 2. The molecule has 0 aliphatic heterocycles. The first-order chi connectivity index (χ1) is 10.3. The molecule has 3 aromatic rings. The lowest BCUT2D eigenvalue weighted by atomic mass is 10.2. The third kappa shape index (κ3) is 2.23.